The molecule has 134 valence electrons. The summed E-state index contributed by atoms with van der Waals surface area (Å²) in [5.74, 6) is -0.0805. The number of hydrogen-bond donors (Lipinski definition) is 1. The van der Waals surface area contributed by atoms with Gasteiger partial charge in [-0.2, -0.15) is 5.10 Å². The number of H-pyrrole nitrogens is 1. The quantitative estimate of drug-likeness (QED) is 0.895. The molecule has 1 fully saturated rings. The van der Waals surface area contributed by atoms with E-state index in [9.17, 15) is 9.59 Å². The number of rotatable bonds is 5. The molecule has 1 saturated heterocycles. The van der Waals surface area contributed by atoms with Crippen LogP contribution < -0.4 is 0 Å². The Labute approximate surface area is 146 Å². The number of fused-ring (bicyclic) bond motifs is 1. The summed E-state index contributed by atoms with van der Waals surface area (Å²) in [6, 6.07) is 7.58. The van der Waals surface area contributed by atoms with Gasteiger partial charge in [0.15, 0.2) is 5.69 Å². The van der Waals surface area contributed by atoms with Crippen LogP contribution in [0.3, 0.4) is 0 Å². The normalized spacial score (nSPS) is 16.2. The largest absolute Gasteiger partial charge is 0.369 e. The maximum Gasteiger partial charge on any atom is 0.275 e. The van der Waals surface area contributed by atoms with Crippen molar-refractivity contribution in [1.82, 2.24) is 20.0 Å². The fourth-order valence-corrected chi connectivity index (χ4v) is 3.17. The highest BCUT2D eigenvalue weighted by atomic mass is 16.5. The predicted molar refractivity (Wildman–Crippen MR) is 94.3 cm³/mol. The van der Waals surface area contributed by atoms with Crippen molar-refractivity contribution in [2.24, 2.45) is 0 Å². The SMILES string of the molecule is CCOC(CC)C(=O)N1CCN(C(=O)c2n[nH]c3ccccc23)CC1. The van der Waals surface area contributed by atoms with Crippen LogP contribution in [0, 0.1) is 0 Å². The van der Waals surface area contributed by atoms with Crippen LogP contribution in [0.2, 0.25) is 0 Å². The Morgan fingerprint density at radius 2 is 1.84 bits per heavy atom. The van der Waals surface area contributed by atoms with E-state index in [4.69, 9.17) is 4.74 Å². The fraction of sp³-hybridized carbons (Fsp3) is 0.500. The highest BCUT2D eigenvalue weighted by molar-refractivity contribution is 6.04. The monoisotopic (exact) mass is 344 g/mol. The number of nitrogens with one attached hydrogen (secondary N) is 1. The summed E-state index contributed by atoms with van der Waals surface area (Å²) >= 11 is 0. The molecule has 2 amide bonds. The van der Waals surface area contributed by atoms with Crippen LogP contribution >= 0.6 is 0 Å². The summed E-state index contributed by atoms with van der Waals surface area (Å²) in [5, 5.41) is 7.89. The smallest absolute Gasteiger partial charge is 0.275 e. The number of ether oxygens (including phenoxy) is 1. The first kappa shape index (κ1) is 17.4. The van der Waals surface area contributed by atoms with E-state index in [1.54, 1.807) is 9.80 Å². The van der Waals surface area contributed by atoms with Gasteiger partial charge in [-0.25, -0.2) is 0 Å². The molecule has 0 saturated carbocycles. The van der Waals surface area contributed by atoms with E-state index in [2.05, 4.69) is 10.2 Å². The van der Waals surface area contributed by atoms with Gasteiger partial charge in [-0.05, 0) is 19.4 Å². The number of carbonyl (C=O) groups is 2. The summed E-state index contributed by atoms with van der Waals surface area (Å²) < 4.78 is 5.50. The molecule has 0 aliphatic carbocycles. The van der Waals surface area contributed by atoms with E-state index in [1.165, 1.54) is 0 Å². The first-order valence-electron chi connectivity index (χ1n) is 8.78. The summed E-state index contributed by atoms with van der Waals surface area (Å²) in [7, 11) is 0. The van der Waals surface area contributed by atoms with Crippen molar-refractivity contribution in [3.63, 3.8) is 0 Å². The maximum absolute atomic E-state index is 12.8. The fourth-order valence-electron chi connectivity index (χ4n) is 3.17. The van der Waals surface area contributed by atoms with E-state index in [0.29, 0.717) is 44.9 Å². The summed E-state index contributed by atoms with van der Waals surface area (Å²) in [6.45, 7) is 6.42. The van der Waals surface area contributed by atoms with Crippen molar-refractivity contribution in [3.8, 4) is 0 Å². The lowest BCUT2D eigenvalue weighted by Gasteiger charge is -2.36. The van der Waals surface area contributed by atoms with Crippen LogP contribution in [0.4, 0.5) is 0 Å². The van der Waals surface area contributed by atoms with Crippen molar-refractivity contribution < 1.29 is 14.3 Å². The van der Waals surface area contributed by atoms with E-state index in [-0.39, 0.29) is 17.9 Å². The zero-order chi connectivity index (χ0) is 17.8. The minimum atomic E-state index is -0.387. The minimum absolute atomic E-state index is 0.0154. The van der Waals surface area contributed by atoms with Gasteiger partial charge < -0.3 is 14.5 Å². The van der Waals surface area contributed by atoms with Crippen molar-refractivity contribution >= 4 is 22.7 Å². The number of benzene rings is 1. The van der Waals surface area contributed by atoms with Gasteiger partial charge >= 0.3 is 0 Å². The van der Waals surface area contributed by atoms with Crippen LogP contribution in [0.1, 0.15) is 30.8 Å². The van der Waals surface area contributed by atoms with E-state index in [1.807, 2.05) is 38.1 Å². The number of hydrogen-bond acceptors (Lipinski definition) is 4. The van der Waals surface area contributed by atoms with Gasteiger partial charge in [-0.15, -0.1) is 0 Å². The van der Waals surface area contributed by atoms with E-state index in [0.717, 1.165) is 10.9 Å². The molecule has 1 aromatic carbocycles. The van der Waals surface area contributed by atoms with E-state index >= 15 is 0 Å². The van der Waals surface area contributed by atoms with Gasteiger partial charge in [0.25, 0.3) is 11.8 Å². The number of amides is 2. The zero-order valence-corrected chi connectivity index (χ0v) is 14.7. The Balaban J connectivity index is 1.64. The first-order valence-corrected chi connectivity index (χ1v) is 8.78. The number of nitrogens with zero attached hydrogens (tertiary/aromatic N) is 3. The Kier molecular flexibility index (Phi) is 5.33. The lowest BCUT2D eigenvalue weighted by molar-refractivity contribution is -0.145. The molecule has 0 radical (unpaired) electrons. The van der Waals surface area contributed by atoms with Crippen LogP contribution in [0.5, 0.6) is 0 Å². The summed E-state index contributed by atoms with van der Waals surface area (Å²) in [4.78, 5) is 28.8. The number of carbonyl (C=O) groups excluding carboxylic acids is 2. The first-order chi connectivity index (χ1) is 12.2. The third-order valence-corrected chi connectivity index (χ3v) is 4.57. The standard InChI is InChI=1S/C18H24N4O3/c1-3-15(25-4-2)17(23)21-9-11-22(12-10-21)18(24)16-13-7-5-6-8-14(13)19-20-16/h5-8,15H,3-4,9-12H2,1-2H3,(H,19,20). The van der Waals surface area contributed by atoms with Gasteiger partial charge in [0.05, 0.1) is 5.52 Å². The second-order valence-corrected chi connectivity index (χ2v) is 6.09. The average molecular weight is 344 g/mol. The number of piperazine rings is 1. The van der Waals surface area contributed by atoms with Crippen molar-refractivity contribution in [1.29, 1.82) is 0 Å². The molecule has 1 N–H and O–H groups in total. The molecular formula is C18H24N4O3. The molecule has 1 atom stereocenters. The zero-order valence-electron chi connectivity index (χ0n) is 14.7. The highest BCUT2D eigenvalue weighted by Gasteiger charge is 2.30. The van der Waals surface area contributed by atoms with Crippen LogP contribution in [0.15, 0.2) is 24.3 Å². The van der Waals surface area contributed by atoms with Crippen molar-refractivity contribution in [2.75, 3.05) is 32.8 Å². The predicted octanol–water partition coefficient (Wildman–Crippen LogP) is 1.66. The Morgan fingerprint density at radius 3 is 2.52 bits per heavy atom. The third-order valence-electron chi connectivity index (χ3n) is 4.57. The Bertz CT molecular complexity index is 750. The van der Waals surface area contributed by atoms with Gasteiger partial charge in [-0.1, -0.05) is 25.1 Å². The molecule has 7 heteroatoms. The summed E-state index contributed by atoms with van der Waals surface area (Å²) in [6.07, 6.45) is 0.271. The lowest BCUT2D eigenvalue weighted by Crippen LogP contribution is -2.53. The Hall–Kier alpha value is -2.41. The maximum atomic E-state index is 12.8. The van der Waals surface area contributed by atoms with Crippen molar-refractivity contribution in [3.05, 3.63) is 30.0 Å². The molecule has 2 aromatic rings. The van der Waals surface area contributed by atoms with Gasteiger partial charge in [0.2, 0.25) is 0 Å². The average Bonchev–Trinajstić information content (AvgIpc) is 3.09. The molecular weight excluding hydrogens is 320 g/mol. The van der Waals surface area contributed by atoms with Gasteiger partial charge in [0.1, 0.15) is 6.10 Å². The van der Waals surface area contributed by atoms with Crippen molar-refractivity contribution in [2.45, 2.75) is 26.4 Å². The molecule has 0 spiro atoms. The number of aromatic amines is 1. The molecule has 1 aromatic heterocycles. The molecule has 1 aliphatic heterocycles. The molecule has 0 bridgehead atoms. The van der Waals surface area contributed by atoms with Gasteiger partial charge in [0, 0.05) is 38.2 Å². The molecule has 1 aliphatic rings. The van der Waals surface area contributed by atoms with Crippen LogP contribution in [-0.4, -0.2) is 70.7 Å². The second kappa shape index (κ2) is 7.65. The third kappa shape index (κ3) is 3.51. The number of para-hydroxylation sites is 1. The van der Waals surface area contributed by atoms with Crippen LogP contribution in [0.25, 0.3) is 10.9 Å². The molecule has 3 rings (SSSR count). The van der Waals surface area contributed by atoms with E-state index < -0.39 is 0 Å². The topological polar surface area (TPSA) is 78.5 Å². The lowest BCUT2D eigenvalue weighted by atomic mass is 10.1. The molecule has 2 heterocycles. The Morgan fingerprint density at radius 1 is 1.16 bits per heavy atom. The van der Waals surface area contributed by atoms with Gasteiger partial charge in [-0.3, -0.25) is 14.7 Å². The second-order valence-electron chi connectivity index (χ2n) is 6.09. The van der Waals surface area contributed by atoms with Crippen LogP contribution in [-0.2, 0) is 9.53 Å². The number of aromatic nitrogens is 2. The molecule has 7 nitrogen and oxygen atoms in total. The minimum Gasteiger partial charge on any atom is -0.369 e. The molecule has 25 heavy (non-hydrogen) atoms. The molecule has 1 unspecified atom stereocenters. The summed E-state index contributed by atoms with van der Waals surface area (Å²) in [5.41, 5.74) is 1.29. The highest BCUT2D eigenvalue weighted by Crippen LogP contribution is 2.18.